The molecule has 0 aromatic carbocycles. The van der Waals surface area contributed by atoms with Gasteiger partial charge in [-0.2, -0.15) is 0 Å². The number of ketones is 1. The summed E-state index contributed by atoms with van der Waals surface area (Å²) in [6.45, 7) is 10.8. The molecule has 10 heteroatoms. The van der Waals surface area contributed by atoms with E-state index in [1.54, 1.807) is 32.2 Å². The summed E-state index contributed by atoms with van der Waals surface area (Å²) in [7, 11) is 1.31. The number of hydrogen-bond acceptors (Lipinski definition) is 10. The molecular formula is C31H49NO9. The zero-order chi connectivity index (χ0) is 30.9. The molecule has 0 aliphatic heterocycles. The van der Waals surface area contributed by atoms with Crippen molar-refractivity contribution in [1.29, 1.82) is 0 Å². The molecule has 0 spiro atoms. The van der Waals surface area contributed by atoms with Gasteiger partial charge in [0.05, 0.1) is 20.3 Å². The number of carbonyl (C=O) groups excluding carboxylic acids is 5. The van der Waals surface area contributed by atoms with Crippen molar-refractivity contribution in [3.8, 4) is 0 Å². The topological polar surface area (TPSA) is 135 Å². The summed E-state index contributed by atoms with van der Waals surface area (Å²) in [5.74, 6) is -5.46. The van der Waals surface area contributed by atoms with Crippen molar-refractivity contribution in [2.45, 2.75) is 98.6 Å². The smallest absolute Gasteiger partial charge is 0.330 e. The lowest BCUT2D eigenvalue weighted by Crippen LogP contribution is -2.36. The SMILES string of the molecule is CCCCC[C@@H](/C=C/C1C(C(C(=O)OCC)C(=O)OCC)CC(=O)[C@@H]1CC=N[C@@H](CC(C)C)C(=O)OC)OC(C)=O. The summed E-state index contributed by atoms with van der Waals surface area (Å²) < 4.78 is 20.8. The summed E-state index contributed by atoms with van der Waals surface area (Å²) in [5, 5.41) is 0. The molecule has 5 atom stereocenters. The molecule has 0 heterocycles. The Hall–Kier alpha value is -3.04. The predicted molar refractivity (Wildman–Crippen MR) is 154 cm³/mol. The standard InChI is InChI=1S/C31H49NO9/c1-8-11-12-13-22(41-21(6)33)14-15-23-24(16-17-32-26(18-20(4)5)29(35)38-7)27(34)19-25(23)28(30(36)39-9-2)31(37)40-10-3/h14-15,17,20,22-26,28H,8-13,16,18-19H2,1-7H3/b15-14+,32-17?/t22-,23?,24+,25?,26-/m0/s1. The van der Waals surface area contributed by atoms with E-state index in [0.29, 0.717) is 12.8 Å². The first-order valence-electron chi connectivity index (χ1n) is 14.8. The van der Waals surface area contributed by atoms with Crippen LogP contribution in [-0.4, -0.2) is 68.3 Å². The van der Waals surface area contributed by atoms with Gasteiger partial charge in [0.25, 0.3) is 0 Å². The molecule has 10 nitrogen and oxygen atoms in total. The molecule has 1 aliphatic rings. The quantitative estimate of drug-likeness (QED) is 0.0567. The molecule has 1 saturated carbocycles. The van der Waals surface area contributed by atoms with E-state index in [2.05, 4.69) is 11.9 Å². The largest absolute Gasteiger partial charge is 0.467 e. The van der Waals surface area contributed by atoms with Gasteiger partial charge in [-0.3, -0.25) is 24.2 Å². The van der Waals surface area contributed by atoms with E-state index in [4.69, 9.17) is 18.9 Å². The fourth-order valence-electron chi connectivity index (χ4n) is 5.21. The van der Waals surface area contributed by atoms with Crippen LogP contribution in [0.3, 0.4) is 0 Å². The van der Waals surface area contributed by atoms with Gasteiger partial charge in [-0.15, -0.1) is 0 Å². The molecule has 0 amide bonds. The van der Waals surface area contributed by atoms with Crippen molar-refractivity contribution in [1.82, 2.24) is 0 Å². The van der Waals surface area contributed by atoms with Gasteiger partial charge in [0.15, 0.2) is 5.92 Å². The summed E-state index contributed by atoms with van der Waals surface area (Å²) in [5.41, 5.74) is 0. The number of rotatable bonds is 18. The van der Waals surface area contributed by atoms with Crippen molar-refractivity contribution in [3.63, 3.8) is 0 Å². The first-order chi connectivity index (χ1) is 19.5. The third kappa shape index (κ3) is 12.2. The van der Waals surface area contributed by atoms with Gasteiger partial charge in [-0.05, 0) is 63.4 Å². The fourth-order valence-corrected chi connectivity index (χ4v) is 5.21. The second-order valence-electron chi connectivity index (χ2n) is 10.8. The van der Waals surface area contributed by atoms with Crippen molar-refractivity contribution < 1.29 is 42.9 Å². The van der Waals surface area contributed by atoms with Gasteiger partial charge in [0, 0.05) is 25.5 Å². The Morgan fingerprint density at radius 3 is 2.15 bits per heavy atom. The van der Waals surface area contributed by atoms with Crippen LogP contribution in [0.1, 0.15) is 86.5 Å². The average molecular weight is 580 g/mol. The number of Topliss-reactive ketones (excluding diaryl/α,β-unsaturated/α-hetero) is 1. The van der Waals surface area contributed by atoms with Gasteiger partial charge in [0.1, 0.15) is 17.9 Å². The van der Waals surface area contributed by atoms with Crippen LogP contribution in [0, 0.1) is 29.6 Å². The van der Waals surface area contributed by atoms with E-state index < -0.39 is 59.7 Å². The van der Waals surface area contributed by atoms with Gasteiger partial charge in [-0.25, -0.2) is 4.79 Å². The molecule has 0 N–H and O–H groups in total. The molecule has 0 bridgehead atoms. The van der Waals surface area contributed by atoms with Crippen LogP contribution in [0.25, 0.3) is 0 Å². The molecule has 0 aromatic rings. The fraction of sp³-hybridized carbons (Fsp3) is 0.742. The lowest BCUT2D eigenvalue weighted by molar-refractivity contribution is -0.165. The molecule has 0 radical (unpaired) electrons. The third-order valence-electron chi connectivity index (χ3n) is 7.09. The van der Waals surface area contributed by atoms with Crippen LogP contribution in [0.2, 0.25) is 0 Å². The lowest BCUT2D eigenvalue weighted by Gasteiger charge is -2.26. The Labute approximate surface area is 244 Å². The second-order valence-corrected chi connectivity index (χ2v) is 10.8. The molecule has 232 valence electrons. The number of nitrogens with zero attached hydrogens (tertiary/aromatic N) is 1. The number of ether oxygens (including phenoxy) is 4. The average Bonchev–Trinajstić information content (AvgIpc) is 3.20. The Bertz CT molecular complexity index is 909. The highest BCUT2D eigenvalue weighted by Gasteiger charge is 2.50. The van der Waals surface area contributed by atoms with Crippen LogP contribution < -0.4 is 0 Å². The zero-order valence-corrected chi connectivity index (χ0v) is 25.8. The normalized spacial score (nSPS) is 20.5. The number of aliphatic imine (C=N–C) groups is 1. The number of allylic oxidation sites excluding steroid dienone is 1. The number of methoxy groups -OCH3 is 1. The van der Waals surface area contributed by atoms with Gasteiger partial charge in [-0.1, -0.05) is 39.7 Å². The number of esters is 4. The van der Waals surface area contributed by atoms with Gasteiger partial charge >= 0.3 is 23.9 Å². The Kier molecular flexibility index (Phi) is 16.8. The Morgan fingerprint density at radius 1 is 1.00 bits per heavy atom. The highest BCUT2D eigenvalue weighted by molar-refractivity contribution is 5.97. The second kappa shape index (κ2) is 19.1. The highest BCUT2D eigenvalue weighted by Crippen LogP contribution is 2.42. The molecular weight excluding hydrogens is 530 g/mol. The van der Waals surface area contributed by atoms with E-state index in [0.717, 1.165) is 19.3 Å². The van der Waals surface area contributed by atoms with Gasteiger partial charge in [0.2, 0.25) is 0 Å². The first-order valence-corrected chi connectivity index (χ1v) is 14.8. The molecule has 2 unspecified atom stereocenters. The van der Waals surface area contributed by atoms with Crippen LogP contribution in [0.4, 0.5) is 0 Å². The maximum Gasteiger partial charge on any atom is 0.330 e. The van der Waals surface area contributed by atoms with Crippen molar-refractivity contribution in [3.05, 3.63) is 12.2 Å². The van der Waals surface area contributed by atoms with E-state index in [1.165, 1.54) is 14.0 Å². The molecule has 41 heavy (non-hydrogen) atoms. The molecule has 1 rings (SSSR count). The van der Waals surface area contributed by atoms with Crippen LogP contribution in [0.15, 0.2) is 17.1 Å². The van der Waals surface area contributed by atoms with Crippen LogP contribution >= 0.6 is 0 Å². The molecule has 0 saturated heterocycles. The van der Waals surface area contributed by atoms with E-state index >= 15 is 0 Å². The molecule has 0 aromatic heterocycles. The summed E-state index contributed by atoms with van der Waals surface area (Å²) in [4.78, 5) is 67.7. The maximum atomic E-state index is 13.4. The maximum absolute atomic E-state index is 13.4. The van der Waals surface area contributed by atoms with Gasteiger partial charge < -0.3 is 18.9 Å². The number of unbranched alkanes of at least 4 members (excludes halogenated alkanes) is 2. The minimum atomic E-state index is -1.29. The molecule has 1 aliphatic carbocycles. The predicted octanol–water partition coefficient (Wildman–Crippen LogP) is 4.67. The summed E-state index contributed by atoms with van der Waals surface area (Å²) in [6, 6.07) is -0.694. The van der Waals surface area contributed by atoms with Crippen molar-refractivity contribution in [2.24, 2.45) is 34.6 Å². The molecule has 1 fully saturated rings. The van der Waals surface area contributed by atoms with E-state index in [-0.39, 0.29) is 37.8 Å². The monoisotopic (exact) mass is 579 g/mol. The zero-order valence-electron chi connectivity index (χ0n) is 25.8. The Balaban J connectivity index is 3.45. The summed E-state index contributed by atoms with van der Waals surface area (Å²) >= 11 is 0. The van der Waals surface area contributed by atoms with Crippen LogP contribution in [0.5, 0.6) is 0 Å². The van der Waals surface area contributed by atoms with Crippen molar-refractivity contribution in [2.75, 3.05) is 20.3 Å². The number of carbonyl (C=O) groups is 5. The Morgan fingerprint density at radius 2 is 1.63 bits per heavy atom. The first kappa shape index (κ1) is 36.0. The van der Waals surface area contributed by atoms with E-state index in [1.807, 2.05) is 13.8 Å². The minimum absolute atomic E-state index is 0.0314. The lowest BCUT2D eigenvalue weighted by atomic mass is 9.79. The highest BCUT2D eigenvalue weighted by atomic mass is 16.6. The van der Waals surface area contributed by atoms with Crippen LogP contribution in [-0.2, 0) is 42.9 Å². The minimum Gasteiger partial charge on any atom is -0.467 e. The van der Waals surface area contributed by atoms with Crippen molar-refractivity contribution >= 4 is 35.9 Å². The summed E-state index contributed by atoms with van der Waals surface area (Å²) in [6.07, 6.45) is 8.67. The van der Waals surface area contributed by atoms with E-state index in [9.17, 15) is 24.0 Å². The third-order valence-corrected chi connectivity index (χ3v) is 7.09. The number of hydrogen-bond donors (Lipinski definition) is 0.